The Morgan fingerprint density at radius 1 is 1.62 bits per heavy atom. The van der Waals surface area contributed by atoms with Crippen molar-refractivity contribution in [3.8, 4) is 0 Å². The maximum absolute atomic E-state index is 5.47. The van der Waals surface area contributed by atoms with Crippen LogP contribution in [0.2, 0.25) is 0 Å². The van der Waals surface area contributed by atoms with E-state index in [1.165, 1.54) is 12.8 Å². The molecule has 0 radical (unpaired) electrons. The van der Waals surface area contributed by atoms with Gasteiger partial charge in [0, 0.05) is 12.5 Å². The van der Waals surface area contributed by atoms with E-state index in [4.69, 9.17) is 10.3 Å². The highest BCUT2D eigenvalue weighted by molar-refractivity contribution is 4.99. The smallest absolute Gasteiger partial charge is 0.103 e. The van der Waals surface area contributed by atoms with Crippen LogP contribution in [0.5, 0.6) is 0 Å². The number of nitrogens with two attached hydrogens (primary N) is 1. The SMILES string of the molecule is NNC(CCc1ccco1)C1CC1. The van der Waals surface area contributed by atoms with Crippen molar-refractivity contribution in [1.82, 2.24) is 5.43 Å². The van der Waals surface area contributed by atoms with Crippen LogP contribution in [0, 0.1) is 5.92 Å². The molecule has 3 heteroatoms. The minimum atomic E-state index is 0.477. The average molecular weight is 180 g/mol. The van der Waals surface area contributed by atoms with E-state index in [1.807, 2.05) is 12.1 Å². The second-order valence-electron chi connectivity index (χ2n) is 3.73. The molecule has 3 N–H and O–H groups in total. The van der Waals surface area contributed by atoms with E-state index in [1.54, 1.807) is 6.26 Å². The molecule has 0 bridgehead atoms. The highest BCUT2D eigenvalue weighted by Crippen LogP contribution is 2.34. The molecule has 0 aliphatic heterocycles. The van der Waals surface area contributed by atoms with E-state index in [-0.39, 0.29) is 0 Å². The minimum Gasteiger partial charge on any atom is -0.469 e. The monoisotopic (exact) mass is 180 g/mol. The van der Waals surface area contributed by atoms with Gasteiger partial charge in [0.05, 0.1) is 6.26 Å². The van der Waals surface area contributed by atoms with Gasteiger partial charge in [0.1, 0.15) is 5.76 Å². The Kier molecular flexibility index (Phi) is 2.66. The average Bonchev–Trinajstić information content (AvgIpc) is 2.84. The van der Waals surface area contributed by atoms with Crippen molar-refractivity contribution in [2.45, 2.75) is 31.7 Å². The summed E-state index contributed by atoms with van der Waals surface area (Å²) < 4.78 is 5.26. The summed E-state index contributed by atoms with van der Waals surface area (Å²) in [6.45, 7) is 0. The number of hydrazine groups is 1. The van der Waals surface area contributed by atoms with Crippen molar-refractivity contribution in [2.75, 3.05) is 0 Å². The van der Waals surface area contributed by atoms with Crippen LogP contribution in [0.25, 0.3) is 0 Å². The molecule has 0 amide bonds. The summed E-state index contributed by atoms with van der Waals surface area (Å²) in [5, 5.41) is 0. The molecule has 1 fully saturated rings. The molecular weight excluding hydrogens is 164 g/mol. The molecule has 1 atom stereocenters. The summed E-state index contributed by atoms with van der Waals surface area (Å²) in [5.41, 5.74) is 2.88. The summed E-state index contributed by atoms with van der Waals surface area (Å²) in [5.74, 6) is 7.33. The predicted octanol–water partition coefficient (Wildman–Crippen LogP) is 1.45. The van der Waals surface area contributed by atoms with Crippen LogP contribution in [0.3, 0.4) is 0 Å². The van der Waals surface area contributed by atoms with Gasteiger partial charge in [-0.1, -0.05) is 0 Å². The van der Waals surface area contributed by atoms with E-state index >= 15 is 0 Å². The lowest BCUT2D eigenvalue weighted by Crippen LogP contribution is -2.37. The Labute approximate surface area is 78.3 Å². The van der Waals surface area contributed by atoms with Crippen molar-refractivity contribution in [1.29, 1.82) is 0 Å². The highest BCUT2D eigenvalue weighted by Gasteiger charge is 2.29. The first kappa shape index (κ1) is 8.78. The fourth-order valence-electron chi connectivity index (χ4n) is 1.71. The maximum atomic E-state index is 5.47. The fourth-order valence-corrected chi connectivity index (χ4v) is 1.71. The first-order valence-corrected chi connectivity index (χ1v) is 4.88. The maximum Gasteiger partial charge on any atom is 0.103 e. The van der Waals surface area contributed by atoms with Crippen LogP contribution >= 0.6 is 0 Å². The van der Waals surface area contributed by atoms with E-state index in [0.29, 0.717) is 6.04 Å². The second-order valence-corrected chi connectivity index (χ2v) is 3.73. The van der Waals surface area contributed by atoms with Crippen molar-refractivity contribution in [2.24, 2.45) is 11.8 Å². The van der Waals surface area contributed by atoms with Crippen LogP contribution in [-0.4, -0.2) is 6.04 Å². The Hall–Kier alpha value is -0.800. The van der Waals surface area contributed by atoms with Crippen LogP contribution in [-0.2, 0) is 6.42 Å². The van der Waals surface area contributed by atoms with E-state index in [2.05, 4.69) is 5.43 Å². The van der Waals surface area contributed by atoms with E-state index in [0.717, 1.165) is 24.5 Å². The van der Waals surface area contributed by atoms with Crippen LogP contribution in [0.1, 0.15) is 25.0 Å². The van der Waals surface area contributed by atoms with Gasteiger partial charge in [0.15, 0.2) is 0 Å². The fraction of sp³-hybridized carbons (Fsp3) is 0.600. The number of hydrogen-bond acceptors (Lipinski definition) is 3. The summed E-state index contributed by atoms with van der Waals surface area (Å²) in [4.78, 5) is 0. The van der Waals surface area contributed by atoms with Gasteiger partial charge >= 0.3 is 0 Å². The number of nitrogens with one attached hydrogen (secondary N) is 1. The van der Waals surface area contributed by atoms with Gasteiger partial charge in [-0.2, -0.15) is 0 Å². The van der Waals surface area contributed by atoms with Crippen LogP contribution in [0.15, 0.2) is 22.8 Å². The third-order valence-corrected chi connectivity index (χ3v) is 2.69. The van der Waals surface area contributed by atoms with Crippen molar-refractivity contribution in [3.63, 3.8) is 0 Å². The summed E-state index contributed by atoms with van der Waals surface area (Å²) in [7, 11) is 0. The predicted molar refractivity (Wildman–Crippen MR) is 50.9 cm³/mol. The molecule has 1 unspecified atom stereocenters. The van der Waals surface area contributed by atoms with Crippen LogP contribution < -0.4 is 11.3 Å². The third-order valence-electron chi connectivity index (χ3n) is 2.69. The van der Waals surface area contributed by atoms with Gasteiger partial charge in [-0.05, 0) is 37.3 Å². The molecule has 72 valence electrons. The zero-order chi connectivity index (χ0) is 9.10. The Balaban J connectivity index is 1.77. The highest BCUT2D eigenvalue weighted by atomic mass is 16.3. The molecule has 0 spiro atoms. The van der Waals surface area contributed by atoms with E-state index in [9.17, 15) is 0 Å². The lowest BCUT2D eigenvalue weighted by atomic mass is 10.1. The van der Waals surface area contributed by atoms with Gasteiger partial charge in [-0.15, -0.1) is 0 Å². The Morgan fingerprint density at radius 3 is 3.00 bits per heavy atom. The lowest BCUT2D eigenvalue weighted by Gasteiger charge is -2.13. The normalized spacial score (nSPS) is 18.8. The summed E-state index contributed by atoms with van der Waals surface area (Å²) in [6, 6.07) is 4.42. The molecule has 3 nitrogen and oxygen atoms in total. The van der Waals surface area contributed by atoms with Gasteiger partial charge in [0.2, 0.25) is 0 Å². The second kappa shape index (κ2) is 3.94. The van der Waals surface area contributed by atoms with E-state index < -0.39 is 0 Å². The molecular formula is C10H16N2O. The number of rotatable bonds is 5. The van der Waals surface area contributed by atoms with Crippen LogP contribution in [0.4, 0.5) is 0 Å². The van der Waals surface area contributed by atoms with Gasteiger partial charge in [-0.25, -0.2) is 0 Å². The summed E-state index contributed by atoms with van der Waals surface area (Å²) in [6.07, 6.45) is 6.43. The lowest BCUT2D eigenvalue weighted by molar-refractivity contribution is 0.419. The molecule has 1 aromatic heterocycles. The molecule has 2 rings (SSSR count). The topological polar surface area (TPSA) is 51.2 Å². The molecule has 1 heterocycles. The molecule has 1 aliphatic carbocycles. The zero-order valence-corrected chi connectivity index (χ0v) is 7.70. The largest absolute Gasteiger partial charge is 0.469 e. The molecule has 1 aromatic rings. The first-order chi connectivity index (χ1) is 6.40. The molecule has 1 saturated carbocycles. The minimum absolute atomic E-state index is 0.477. The van der Waals surface area contributed by atoms with Gasteiger partial charge in [-0.3, -0.25) is 11.3 Å². The molecule has 13 heavy (non-hydrogen) atoms. The molecule has 0 saturated heterocycles. The van der Waals surface area contributed by atoms with Gasteiger partial charge in [0.25, 0.3) is 0 Å². The van der Waals surface area contributed by atoms with Crippen molar-refractivity contribution >= 4 is 0 Å². The Bertz CT molecular complexity index is 241. The number of furan rings is 1. The molecule has 1 aliphatic rings. The number of hydrogen-bond donors (Lipinski definition) is 2. The Morgan fingerprint density at radius 2 is 2.46 bits per heavy atom. The standard InChI is InChI=1S/C10H16N2O/c11-12-10(8-3-4-8)6-5-9-2-1-7-13-9/h1-2,7-8,10,12H,3-6,11H2. The van der Waals surface area contributed by atoms with Crippen molar-refractivity contribution in [3.05, 3.63) is 24.2 Å². The summed E-state index contributed by atoms with van der Waals surface area (Å²) >= 11 is 0. The third kappa shape index (κ3) is 2.32. The van der Waals surface area contributed by atoms with Gasteiger partial charge < -0.3 is 4.42 Å². The molecule has 0 aromatic carbocycles. The van der Waals surface area contributed by atoms with Crippen molar-refractivity contribution < 1.29 is 4.42 Å². The zero-order valence-electron chi connectivity index (χ0n) is 7.70. The number of aryl methyl sites for hydroxylation is 1. The quantitative estimate of drug-likeness (QED) is 0.532. The first-order valence-electron chi connectivity index (χ1n) is 4.88.